The van der Waals surface area contributed by atoms with Crippen molar-refractivity contribution in [2.45, 2.75) is 0 Å². The van der Waals surface area contributed by atoms with Gasteiger partial charge in [-0.1, -0.05) is 24.3 Å². The Morgan fingerprint density at radius 1 is 1.26 bits per heavy atom. The summed E-state index contributed by atoms with van der Waals surface area (Å²) in [5.41, 5.74) is 0.460. The lowest BCUT2D eigenvalue weighted by molar-refractivity contribution is 0.0600. The Labute approximate surface area is 109 Å². The van der Waals surface area contributed by atoms with E-state index in [-0.39, 0.29) is 16.9 Å². The fourth-order valence-corrected chi connectivity index (χ4v) is 1.86. The van der Waals surface area contributed by atoms with Crippen LogP contribution in [-0.2, 0) is 4.74 Å². The lowest BCUT2D eigenvalue weighted by Crippen LogP contribution is -2.05. The minimum Gasteiger partial charge on any atom is -0.501 e. The first kappa shape index (κ1) is 12.6. The van der Waals surface area contributed by atoms with Crippen molar-refractivity contribution in [3.8, 4) is 0 Å². The van der Waals surface area contributed by atoms with Crippen LogP contribution in [0.3, 0.4) is 0 Å². The fraction of sp³-hybridized carbons (Fsp3) is 0.0714. The monoisotopic (exact) mass is 255 g/mol. The molecule has 2 rings (SSSR count). The van der Waals surface area contributed by atoms with Crippen LogP contribution in [-0.4, -0.2) is 18.2 Å². The van der Waals surface area contributed by atoms with Gasteiger partial charge in [-0.3, -0.25) is 0 Å². The summed E-state index contributed by atoms with van der Waals surface area (Å²) in [7, 11) is 1.26. The topological polar surface area (TPSA) is 74.7 Å². The first-order valence-electron chi connectivity index (χ1n) is 5.52. The summed E-state index contributed by atoms with van der Waals surface area (Å²) in [6, 6.07) is 10.7. The summed E-state index contributed by atoms with van der Waals surface area (Å²) in [5.74, 6) is -0.882. The highest BCUT2D eigenvalue weighted by Gasteiger charge is 2.18. The smallest absolute Gasteiger partial charge is 0.392 e. The van der Waals surface area contributed by atoms with Gasteiger partial charge in [0.25, 0.3) is 0 Å². The predicted octanol–water partition coefficient (Wildman–Crippen LogP) is 3.34. The van der Waals surface area contributed by atoms with E-state index in [9.17, 15) is 9.90 Å². The largest absolute Gasteiger partial charge is 0.501 e. The molecule has 0 aliphatic rings. The van der Waals surface area contributed by atoms with Crippen LogP contribution in [0.25, 0.3) is 21.5 Å². The number of carbonyl (C=O) groups excluding carboxylic acids is 1. The van der Waals surface area contributed by atoms with Gasteiger partial charge >= 0.3 is 12.2 Å². The van der Waals surface area contributed by atoms with Gasteiger partial charge in [0.2, 0.25) is 11.2 Å². The van der Waals surface area contributed by atoms with E-state index in [1.165, 1.54) is 7.11 Å². The zero-order chi connectivity index (χ0) is 13.8. The molecule has 0 aliphatic heterocycles. The predicted molar refractivity (Wildman–Crippen MR) is 71.0 cm³/mol. The van der Waals surface area contributed by atoms with Gasteiger partial charge in [-0.05, 0) is 22.9 Å². The van der Waals surface area contributed by atoms with Crippen LogP contribution >= 0.6 is 0 Å². The number of benzene rings is 2. The van der Waals surface area contributed by atoms with Crippen molar-refractivity contribution in [3.05, 3.63) is 58.7 Å². The van der Waals surface area contributed by atoms with Crippen LogP contribution in [0.4, 0.5) is 0 Å². The number of ether oxygens (including phenoxy) is 1. The Bertz CT molecular complexity index is 714. The van der Waals surface area contributed by atoms with Gasteiger partial charge in [0.15, 0.2) is 4.98 Å². The maximum atomic E-state index is 11.7. The fourth-order valence-electron chi connectivity index (χ4n) is 1.86. The molecule has 0 saturated carbocycles. The highest BCUT2D eigenvalue weighted by Crippen LogP contribution is 2.25. The molecule has 0 unspecified atom stereocenters. The van der Waals surface area contributed by atoms with Crippen molar-refractivity contribution < 1.29 is 14.6 Å². The van der Waals surface area contributed by atoms with Crippen molar-refractivity contribution in [2.24, 2.45) is 0 Å². The minimum absolute atomic E-state index is 0.207. The molecule has 2 aromatic rings. The first-order chi connectivity index (χ1) is 9.17. The second-order valence-corrected chi connectivity index (χ2v) is 3.87. The number of diazo groups is 1. The van der Waals surface area contributed by atoms with E-state index in [0.29, 0.717) is 0 Å². The number of methoxy groups -OCH3 is 1. The van der Waals surface area contributed by atoms with E-state index in [4.69, 9.17) is 5.39 Å². The van der Waals surface area contributed by atoms with Crippen molar-refractivity contribution in [1.29, 1.82) is 5.39 Å². The molecule has 0 heterocycles. The number of aliphatic hydroxyl groups is 1. The molecule has 0 fully saturated rings. The van der Waals surface area contributed by atoms with Gasteiger partial charge in [-0.25, -0.2) is 4.79 Å². The van der Waals surface area contributed by atoms with Crippen LogP contribution < -0.4 is 0 Å². The van der Waals surface area contributed by atoms with E-state index in [2.05, 4.69) is 9.71 Å². The van der Waals surface area contributed by atoms with Gasteiger partial charge < -0.3 is 9.84 Å². The highest BCUT2D eigenvalue weighted by atomic mass is 16.5. The van der Waals surface area contributed by atoms with Crippen LogP contribution in [0, 0.1) is 5.39 Å². The van der Waals surface area contributed by atoms with Gasteiger partial charge in [0.1, 0.15) is 0 Å². The molecule has 5 nitrogen and oxygen atoms in total. The van der Waals surface area contributed by atoms with Crippen molar-refractivity contribution in [2.75, 3.05) is 7.11 Å². The number of esters is 1. The van der Waals surface area contributed by atoms with Crippen LogP contribution in [0.5, 0.6) is 0 Å². The van der Waals surface area contributed by atoms with Crippen LogP contribution in [0.2, 0.25) is 0 Å². The third-order valence-corrected chi connectivity index (χ3v) is 2.75. The molecule has 0 radical (unpaired) electrons. The first-order valence-corrected chi connectivity index (χ1v) is 5.52. The van der Waals surface area contributed by atoms with Gasteiger partial charge in [-0.15, -0.1) is 0 Å². The van der Waals surface area contributed by atoms with E-state index < -0.39 is 5.97 Å². The minimum atomic E-state index is -0.571. The Morgan fingerprint density at radius 3 is 2.37 bits per heavy atom. The van der Waals surface area contributed by atoms with Crippen molar-refractivity contribution in [1.82, 2.24) is 0 Å². The molecule has 0 aromatic heterocycles. The number of carbonyl (C=O) groups is 1. The third kappa shape index (κ3) is 2.38. The summed E-state index contributed by atoms with van der Waals surface area (Å²) in [4.78, 5) is 14.5. The zero-order valence-electron chi connectivity index (χ0n) is 10.2. The molecule has 5 heteroatoms. The number of hydrogen-bond acceptors (Lipinski definition) is 4. The zero-order valence-corrected chi connectivity index (χ0v) is 10.2. The van der Waals surface area contributed by atoms with Crippen LogP contribution in [0.15, 0.2) is 42.6 Å². The molecule has 0 atom stereocenters. The summed E-state index contributed by atoms with van der Waals surface area (Å²) < 4.78 is 4.68. The second-order valence-electron chi connectivity index (χ2n) is 3.87. The maximum absolute atomic E-state index is 11.7. The summed E-state index contributed by atoms with van der Waals surface area (Å²) in [6.07, 6.45) is 0.858. The second kappa shape index (κ2) is 5.19. The molecule has 1 N–H and O–H groups in total. The molecule has 0 aliphatic carbocycles. The normalized spacial score (nSPS) is 11.1. The lowest BCUT2D eigenvalue weighted by Gasteiger charge is -2.07. The van der Waals surface area contributed by atoms with Gasteiger partial charge in [0.05, 0.1) is 12.7 Å². The van der Waals surface area contributed by atoms with Crippen LogP contribution in [0.1, 0.15) is 15.9 Å². The quantitative estimate of drug-likeness (QED) is 0.507. The number of nitrogens with zero attached hydrogens (tertiary/aromatic N) is 2. The highest BCUT2D eigenvalue weighted by molar-refractivity contribution is 6.00. The summed E-state index contributed by atoms with van der Waals surface area (Å²) in [6.45, 7) is 0. The number of fused-ring (bicyclic) bond motifs is 1. The SMILES string of the molecule is COC(=O)c1cc2ccccc2cc1/C(O)=C/[N+]#N. The Hall–Kier alpha value is -2.87. The van der Waals surface area contributed by atoms with Gasteiger partial charge in [-0.2, -0.15) is 0 Å². The summed E-state index contributed by atoms with van der Waals surface area (Å²) in [5, 5.41) is 20.0. The van der Waals surface area contributed by atoms with Gasteiger partial charge in [0, 0.05) is 5.56 Å². The van der Waals surface area contributed by atoms with Crippen molar-refractivity contribution >= 4 is 22.5 Å². The molecule has 0 amide bonds. The average molecular weight is 255 g/mol. The molecule has 2 aromatic carbocycles. The molecule has 0 bridgehead atoms. The molecule has 94 valence electrons. The molecule has 0 saturated heterocycles. The standard InChI is InChI=1S/C14H10N2O3/c1-19-14(18)12-7-10-5-3-2-4-9(10)6-11(12)13(17)8-16-15/h2-8H,1H3/p+1/b13-8-. The Balaban J connectivity index is 2.75. The average Bonchev–Trinajstić information content (AvgIpc) is 2.45. The van der Waals surface area contributed by atoms with E-state index >= 15 is 0 Å². The molecular weight excluding hydrogens is 244 g/mol. The Kier molecular flexibility index (Phi) is 3.44. The number of hydrogen-bond donors (Lipinski definition) is 1. The molecular formula is C14H11N2O3+. The van der Waals surface area contributed by atoms with E-state index in [0.717, 1.165) is 17.0 Å². The Morgan fingerprint density at radius 2 is 1.84 bits per heavy atom. The number of rotatable bonds is 2. The lowest BCUT2D eigenvalue weighted by atomic mass is 10.00. The van der Waals surface area contributed by atoms with E-state index in [1.807, 2.05) is 24.3 Å². The third-order valence-electron chi connectivity index (χ3n) is 2.75. The summed E-state index contributed by atoms with van der Waals surface area (Å²) >= 11 is 0. The molecule has 19 heavy (non-hydrogen) atoms. The van der Waals surface area contributed by atoms with Crippen molar-refractivity contribution in [3.63, 3.8) is 0 Å². The van der Waals surface area contributed by atoms with E-state index in [1.54, 1.807) is 12.1 Å². The number of aliphatic hydroxyl groups excluding tert-OH is 1. The maximum Gasteiger partial charge on any atom is 0.392 e. The molecule has 0 spiro atoms.